The number of hydrogen-bond donors (Lipinski definition) is 2. The predicted molar refractivity (Wildman–Crippen MR) is 82.4 cm³/mol. The number of carbonyl (C=O) groups is 2. The topological polar surface area (TPSA) is 84.0 Å². The average Bonchev–Trinajstić information content (AvgIpc) is 2.58. The highest BCUT2D eigenvalue weighted by Gasteiger charge is 2.05. The molecule has 0 radical (unpaired) electrons. The number of rotatable bonds is 7. The molecule has 0 fully saturated rings. The highest BCUT2D eigenvalue weighted by Crippen LogP contribution is 1.97. The van der Waals surface area contributed by atoms with Gasteiger partial charge in [0.2, 0.25) is 0 Å². The van der Waals surface area contributed by atoms with Crippen molar-refractivity contribution in [2.75, 3.05) is 13.1 Å². The third-order valence-electron chi connectivity index (χ3n) is 2.87. The van der Waals surface area contributed by atoms with E-state index in [4.69, 9.17) is 2.74 Å². The second-order valence-corrected chi connectivity index (χ2v) is 4.52. The summed E-state index contributed by atoms with van der Waals surface area (Å²) >= 11 is 0. The lowest BCUT2D eigenvalue weighted by atomic mass is 10.2. The molecule has 0 bridgehead atoms. The molecule has 2 rings (SSSR count). The van der Waals surface area contributed by atoms with Crippen LogP contribution in [0.25, 0.3) is 0 Å². The van der Waals surface area contributed by atoms with Crippen LogP contribution in [0.2, 0.25) is 0 Å². The van der Waals surface area contributed by atoms with E-state index in [0.717, 1.165) is 0 Å². The maximum atomic E-state index is 11.9. The Labute approximate surface area is 131 Å². The second kappa shape index (κ2) is 8.51. The summed E-state index contributed by atoms with van der Waals surface area (Å²) in [6, 6.07) is 3.20. The molecule has 0 unspecified atom stereocenters. The first-order valence-corrected chi connectivity index (χ1v) is 6.97. The molecular weight excluding hydrogens is 280 g/mol. The Hall–Kier alpha value is -2.76. The molecule has 2 aromatic rings. The van der Waals surface area contributed by atoms with Crippen LogP contribution in [0.3, 0.4) is 0 Å². The van der Waals surface area contributed by atoms with Crippen LogP contribution in [0.5, 0.6) is 0 Å². The van der Waals surface area contributed by atoms with Crippen molar-refractivity contribution in [1.82, 2.24) is 20.6 Å². The number of nitrogens with one attached hydrogen (secondary N) is 2. The molecule has 2 amide bonds. The predicted octanol–water partition coefficient (Wildman–Crippen LogP) is 1.42. The highest BCUT2D eigenvalue weighted by atomic mass is 16.2. The Morgan fingerprint density at radius 2 is 1.36 bits per heavy atom. The zero-order valence-electron chi connectivity index (χ0n) is 14.0. The van der Waals surface area contributed by atoms with Gasteiger partial charge in [0, 0.05) is 37.9 Å². The van der Waals surface area contributed by atoms with Gasteiger partial charge < -0.3 is 10.6 Å². The van der Waals surface area contributed by atoms with E-state index >= 15 is 0 Å². The molecule has 0 aliphatic heterocycles. The Kier molecular flexibility index (Phi) is 5.01. The number of amides is 2. The number of nitrogens with zero attached hydrogens (tertiary/aromatic N) is 2. The van der Waals surface area contributed by atoms with E-state index in [2.05, 4.69) is 20.6 Å². The van der Waals surface area contributed by atoms with Crippen LogP contribution in [-0.4, -0.2) is 34.9 Å². The quantitative estimate of drug-likeness (QED) is 0.758. The van der Waals surface area contributed by atoms with Crippen LogP contribution in [0.1, 0.15) is 36.3 Å². The molecule has 0 atom stereocenters. The summed E-state index contributed by atoms with van der Waals surface area (Å²) in [5, 5.41) is 5.43. The Balaban J connectivity index is 1.65. The molecule has 0 aromatic carbocycles. The van der Waals surface area contributed by atoms with E-state index in [-0.39, 0.29) is 35.0 Å². The Bertz CT molecular complexity index is 663. The van der Waals surface area contributed by atoms with Crippen molar-refractivity contribution in [3.8, 4) is 0 Å². The van der Waals surface area contributed by atoms with E-state index in [0.29, 0.717) is 25.9 Å². The summed E-state index contributed by atoms with van der Waals surface area (Å²) in [6.45, 7) is 0.888. The van der Waals surface area contributed by atoms with Crippen molar-refractivity contribution < 1.29 is 12.3 Å². The van der Waals surface area contributed by atoms with Gasteiger partial charge in [-0.2, -0.15) is 0 Å². The van der Waals surface area contributed by atoms with Gasteiger partial charge in [0.1, 0.15) is 0 Å². The lowest BCUT2D eigenvalue weighted by Gasteiger charge is -2.06. The van der Waals surface area contributed by atoms with Crippen LogP contribution in [0, 0.1) is 0 Å². The smallest absolute Gasteiger partial charge is 0.252 e. The molecule has 2 aromatic heterocycles. The van der Waals surface area contributed by atoms with Crippen molar-refractivity contribution in [2.24, 2.45) is 0 Å². The van der Waals surface area contributed by atoms with Gasteiger partial charge in [-0.1, -0.05) is 0 Å². The molecule has 22 heavy (non-hydrogen) atoms. The summed E-state index contributed by atoms with van der Waals surface area (Å²) in [4.78, 5) is 31.4. The Morgan fingerprint density at radius 1 is 0.909 bits per heavy atom. The molecule has 2 heterocycles. The third kappa shape index (κ3) is 4.97. The monoisotopic (exact) mass is 302 g/mol. The van der Waals surface area contributed by atoms with E-state index in [1.54, 1.807) is 0 Å². The molecule has 6 nitrogen and oxygen atoms in total. The zero-order chi connectivity index (χ0) is 17.4. The van der Waals surface area contributed by atoms with Gasteiger partial charge in [-0.25, -0.2) is 0 Å². The van der Waals surface area contributed by atoms with Gasteiger partial charge in [0.25, 0.3) is 11.8 Å². The number of carbonyl (C=O) groups excluding carboxylic acids is 2. The molecule has 6 heteroatoms. The highest BCUT2D eigenvalue weighted by molar-refractivity contribution is 5.94. The number of hydrogen-bond acceptors (Lipinski definition) is 4. The van der Waals surface area contributed by atoms with E-state index < -0.39 is 0 Å². The molecule has 0 saturated carbocycles. The number of unbranched alkanes of at least 4 members (excludes halogenated alkanes) is 1. The fourth-order valence-corrected chi connectivity index (χ4v) is 1.74. The van der Waals surface area contributed by atoms with Crippen LogP contribution in [0.4, 0.5) is 0 Å². The fourth-order valence-electron chi connectivity index (χ4n) is 1.74. The van der Waals surface area contributed by atoms with Crippen LogP contribution >= 0.6 is 0 Å². The maximum absolute atomic E-state index is 11.9. The minimum Gasteiger partial charge on any atom is -0.352 e. The Morgan fingerprint density at radius 3 is 1.77 bits per heavy atom. The summed E-state index contributed by atoms with van der Waals surface area (Å²) in [5.74, 6) is -0.655. The van der Waals surface area contributed by atoms with Gasteiger partial charge in [0.05, 0.1) is 13.9 Å². The summed E-state index contributed by atoms with van der Waals surface area (Å²) in [6.07, 6.45) is 7.02. The van der Waals surface area contributed by atoms with Gasteiger partial charge in [-0.15, -0.1) is 0 Å². The maximum Gasteiger partial charge on any atom is 0.252 e. The first-order chi connectivity index (χ1) is 11.6. The molecule has 0 saturated heterocycles. The van der Waals surface area contributed by atoms with Gasteiger partial charge in [-0.3, -0.25) is 19.6 Å². The SMILES string of the molecule is [3H]c1ccncc1C(=O)NCCCCNC(=O)c1cnccc1[3H]. The minimum absolute atomic E-state index is 0.137. The summed E-state index contributed by atoms with van der Waals surface area (Å²) in [5.41, 5.74) is 0.482. The largest absolute Gasteiger partial charge is 0.352 e. The van der Waals surface area contributed by atoms with E-state index in [1.165, 1.54) is 36.9 Å². The van der Waals surface area contributed by atoms with Crippen LogP contribution in [-0.2, 0) is 0 Å². The molecule has 2 N–H and O–H groups in total. The zero-order valence-corrected chi connectivity index (χ0v) is 12.0. The van der Waals surface area contributed by atoms with Crippen molar-refractivity contribution >= 4 is 11.8 Å². The molecule has 0 aliphatic carbocycles. The number of aromatic nitrogens is 2. The van der Waals surface area contributed by atoms with Crippen molar-refractivity contribution in [2.45, 2.75) is 12.8 Å². The third-order valence-corrected chi connectivity index (χ3v) is 2.87. The van der Waals surface area contributed by atoms with Crippen molar-refractivity contribution in [3.05, 3.63) is 60.1 Å². The molecular formula is C16H18N4O2. The normalized spacial score (nSPS) is 11.3. The lowest BCUT2D eigenvalue weighted by molar-refractivity contribution is 0.0939. The molecule has 114 valence electrons. The van der Waals surface area contributed by atoms with Crippen molar-refractivity contribution in [1.29, 1.82) is 0 Å². The average molecular weight is 302 g/mol. The van der Waals surface area contributed by atoms with Gasteiger partial charge in [-0.05, 0) is 37.1 Å². The van der Waals surface area contributed by atoms with Crippen molar-refractivity contribution in [3.63, 3.8) is 0 Å². The van der Waals surface area contributed by atoms with Gasteiger partial charge >= 0.3 is 0 Å². The van der Waals surface area contributed by atoms with Crippen LogP contribution in [0.15, 0.2) is 49.0 Å². The number of pyridine rings is 2. The van der Waals surface area contributed by atoms with Crippen LogP contribution < -0.4 is 10.6 Å². The lowest BCUT2D eigenvalue weighted by Crippen LogP contribution is -2.27. The van der Waals surface area contributed by atoms with E-state index in [1.807, 2.05) is 0 Å². The first kappa shape index (κ1) is 12.9. The second-order valence-electron chi connectivity index (χ2n) is 4.52. The summed E-state index contributed by atoms with van der Waals surface area (Å²) < 4.78 is 15.3. The molecule has 0 spiro atoms. The summed E-state index contributed by atoms with van der Waals surface area (Å²) in [7, 11) is 0. The standard InChI is InChI=1S/C16H18N4O2/c21-15(13-5-3-7-17-11-13)19-9-1-2-10-20-16(22)14-6-4-8-18-12-14/h3-8,11-12H,1-2,9-10H2,(H,19,21)(H,20,22)/i5T,6T. The van der Waals surface area contributed by atoms with Gasteiger partial charge in [0.15, 0.2) is 0 Å². The fraction of sp³-hybridized carbons (Fsp3) is 0.250. The first-order valence-electron chi connectivity index (χ1n) is 7.97. The molecule has 0 aliphatic rings. The minimum atomic E-state index is -0.327. The van der Waals surface area contributed by atoms with E-state index in [9.17, 15) is 9.59 Å².